The van der Waals surface area contributed by atoms with Gasteiger partial charge in [0.1, 0.15) is 6.04 Å². The van der Waals surface area contributed by atoms with Crippen LogP contribution >= 0.6 is 0 Å². The van der Waals surface area contributed by atoms with E-state index in [1.54, 1.807) is 14.0 Å². The second-order valence-electron chi connectivity index (χ2n) is 4.31. The molecule has 1 aromatic carbocycles. The molecule has 1 aliphatic rings. The number of carboxylic acid groups (broad SMARTS) is 1. The van der Waals surface area contributed by atoms with Crippen molar-refractivity contribution in [2.75, 3.05) is 18.6 Å². The van der Waals surface area contributed by atoms with E-state index in [1.807, 2.05) is 23.1 Å². The molecule has 1 aliphatic heterocycles. The Morgan fingerprint density at radius 3 is 3.00 bits per heavy atom. The summed E-state index contributed by atoms with van der Waals surface area (Å²) >= 11 is 0. The largest absolute Gasteiger partial charge is 0.480 e. The molecule has 1 unspecified atom stereocenters. The lowest BCUT2D eigenvalue weighted by Crippen LogP contribution is -2.37. The van der Waals surface area contributed by atoms with Crippen LogP contribution in [0.15, 0.2) is 18.2 Å². The molecule has 0 amide bonds. The van der Waals surface area contributed by atoms with Crippen molar-refractivity contribution in [2.24, 2.45) is 0 Å². The first kappa shape index (κ1) is 11.9. The number of fused-ring (bicyclic) bond motifs is 1. The predicted octanol–water partition coefficient (Wildman–Crippen LogP) is 1.67. The van der Waals surface area contributed by atoms with Gasteiger partial charge in [0.25, 0.3) is 0 Å². The minimum Gasteiger partial charge on any atom is -0.480 e. The smallest absolute Gasteiger partial charge is 0.326 e. The summed E-state index contributed by atoms with van der Waals surface area (Å²) in [6, 6.07) is 5.51. The summed E-state index contributed by atoms with van der Waals surface area (Å²) in [4.78, 5) is 13.0. The Bertz CT molecular complexity index is 431. The first-order valence-electron chi connectivity index (χ1n) is 5.74. The molecule has 0 saturated carbocycles. The summed E-state index contributed by atoms with van der Waals surface area (Å²) in [6.45, 7) is 3.07. The van der Waals surface area contributed by atoms with Crippen LogP contribution in [0.2, 0.25) is 0 Å². The highest BCUT2D eigenvalue weighted by Gasteiger charge is 2.28. The maximum atomic E-state index is 11.0. The van der Waals surface area contributed by atoms with Crippen LogP contribution in [0, 0.1) is 0 Å². The second kappa shape index (κ2) is 4.75. The number of carbonyl (C=O) groups is 1. The molecule has 0 aliphatic carbocycles. The van der Waals surface area contributed by atoms with Gasteiger partial charge in [-0.2, -0.15) is 0 Å². The number of methoxy groups -OCH3 is 1. The second-order valence-corrected chi connectivity index (χ2v) is 4.31. The molecule has 2 rings (SSSR count). The average molecular weight is 235 g/mol. The highest BCUT2D eigenvalue weighted by atomic mass is 16.5. The molecule has 0 saturated heterocycles. The van der Waals surface area contributed by atoms with E-state index in [9.17, 15) is 4.79 Å². The quantitative estimate of drug-likeness (QED) is 0.862. The van der Waals surface area contributed by atoms with Gasteiger partial charge in [0.05, 0.1) is 6.61 Å². The van der Waals surface area contributed by atoms with E-state index in [0.29, 0.717) is 6.61 Å². The third-order valence-electron chi connectivity index (χ3n) is 3.29. The zero-order chi connectivity index (χ0) is 12.4. The van der Waals surface area contributed by atoms with E-state index in [0.717, 1.165) is 24.2 Å². The molecular formula is C13H17NO3. The maximum absolute atomic E-state index is 11.0. The molecular weight excluding hydrogens is 218 g/mol. The van der Waals surface area contributed by atoms with Crippen LogP contribution in [-0.4, -0.2) is 30.8 Å². The fourth-order valence-electron chi connectivity index (χ4n) is 2.36. The van der Waals surface area contributed by atoms with E-state index >= 15 is 0 Å². The Morgan fingerprint density at radius 2 is 2.35 bits per heavy atom. The standard InChI is InChI=1S/C13H17NO3/c1-9(13(15)16)14-7-6-11-10(8-17-2)4-3-5-12(11)14/h3-5,9H,6-8H2,1-2H3,(H,15,16). The van der Waals surface area contributed by atoms with Gasteiger partial charge in [-0.05, 0) is 30.5 Å². The Hall–Kier alpha value is -1.55. The number of nitrogens with zero attached hydrogens (tertiary/aromatic N) is 1. The number of ether oxygens (including phenoxy) is 1. The van der Waals surface area contributed by atoms with Gasteiger partial charge in [-0.25, -0.2) is 4.79 Å². The number of aliphatic carboxylic acids is 1. The summed E-state index contributed by atoms with van der Waals surface area (Å²) in [5.74, 6) is -0.782. The van der Waals surface area contributed by atoms with Gasteiger partial charge >= 0.3 is 5.97 Å². The molecule has 1 atom stereocenters. The SMILES string of the molecule is COCc1cccc2c1CCN2C(C)C(=O)O. The van der Waals surface area contributed by atoms with Gasteiger partial charge in [-0.15, -0.1) is 0 Å². The molecule has 1 aromatic rings. The average Bonchev–Trinajstić information content (AvgIpc) is 2.73. The zero-order valence-electron chi connectivity index (χ0n) is 10.1. The number of anilines is 1. The number of rotatable bonds is 4. The van der Waals surface area contributed by atoms with Gasteiger partial charge in [0, 0.05) is 19.3 Å². The van der Waals surface area contributed by atoms with Gasteiger partial charge in [-0.3, -0.25) is 0 Å². The first-order chi connectivity index (χ1) is 8.15. The molecule has 4 heteroatoms. The minimum atomic E-state index is -0.782. The van der Waals surface area contributed by atoms with E-state index in [1.165, 1.54) is 5.56 Å². The summed E-state index contributed by atoms with van der Waals surface area (Å²) in [5, 5.41) is 9.07. The number of benzene rings is 1. The third-order valence-corrected chi connectivity index (χ3v) is 3.29. The molecule has 0 aromatic heterocycles. The fourth-order valence-corrected chi connectivity index (χ4v) is 2.36. The van der Waals surface area contributed by atoms with Crippen molar-refractivity contribution < 1.29 is 14.6 Å². The first-order valence-corrected chi connectivity index (χ1v) is 5.74. The van der Waals surface area contributed by atoms with Crippen molar-refractivity contribution in [1.82, 2.24) is 0 Å². The van der Waals surface area contributed by atoms with Crippen molar-refractivity contribution in [1.29, 1.82) is 0 Å². The van der Waals surface area contributed by atoms with E-state index in [2.05, 4.69) is 0 Å². The number of hydrogen-bond donors (Lipinski definition) is 1. The van der Waals surface area contributed by atoms with Gasteiger partial charge in [-0.1, -0.05) is 12.1 Å². The molecule has 17 heavy (non-hydrogen) atoms. The lowest BCUT2D eigenvalue weighted by Gasteiger charge is -2.24. The Labute approximate surface area is 101 Å². The Balaban J connectivity index is 2.32. The summed E-state index contributed by atoms with van der Waals surface area (Å²) in [7, 11) is 1.67. The molecule has 0 fully saturated rings. The van der Waals surface area contributed by atoms with Crippen molar-refractivity contribution in [2.45, 2.75) is 26.0 Å². The van der Waals surface area contributed by atoms with Crippen LogP contribution in [0.5, 0.6) is 0 Å². The van der Waals surface area contributed by atoms with Crippen molar-refractivity contribution in [3.63, 3.8) is 0 Å². The molecule has 0 radical (unpaired) electrons. The molecule has 0 spiro atoms. The van der Waals surface area contributed by atoms with Crippen LogP contribution < -0.4 is 4.90 Å². The molecule has 1 heterocycles. The Kier molecular flexibility index (Phi) is 3.33. The van der Waals surface area contributed by atoms with Crippen molar-refractivity contribution >= 4 is 11.7 Å². The maximum Gasteiger partial charge on any atom is 0.326 e. The third kappa shape index (κ3) is 2.13. The Morgan fingerprint density at radius 1 is 1.59 bits per heavy atom. The van der Waals surface area contributed by atoms with Gasteiger partial charge < -0.3 is 14.7 Å². The monoisotopic (exact) mass is 235 g/mol. The summed E-state index contributed by atoms with van der Waals surface area (Å²) < 4.78 is 5.16. The summed E-state index contributed by atoms with van der Waals surface area (Å²) in [5.41, 5.74) is 3.42. The molecule has 92 valence electrons. The van der Waals surface area contributed by atoms with Crippen molar-refractivity contribution in [3.8, 4) is 0 Å². The lowest BCUT2D eigenvalue weighted by molar-refractivity contribution is -0.138. The van der Waals surface area contributed by atoms with Crippen LogP contribution in [-0.2, 0) is 22.6 Å². The van der Waals surface area contributed by atoms with Crippen molar-refractivity contribution in [3.05, 3.63) is 29.3 Å². The van der Waals surface area contributed by atoms with E-state index < -0.39 is 12.0 Å². The zero-order valence-corrected chi connectivity index (χ0v) is 10.1. The molecule has 4 nitrogen and oxygen atoms in total. The van der Waals surface area contributed by atoms with Crippen LogP contribution in [0.3, 0.4) is 0 Å². The molecule has 1 N–H and O–H groups in total. The van der Waals surface area contributed by atoms with Gasteiger partial charge in [0.15, 0.2) is 0 Å². The number of carboxylic acids is 1. The normalized spacial score (nSPS) is 15.8. The topological polar surface area (TPSA) is 49.8 Å². The van der Waals surface area contributed by atoms with Crippen LogP contribution in [0.1, 0.15) is 18.1 Å². The van der Waals surface area contributed by atoms with E-state index in [4.69, 9.17) is 9.84 Å². The van der Waals surface area contributed by atoms with E-state index in [-0.39, 0.29) is 0 Å². The highest BCUT2D eigenvalue weighted by Crippen LogP contribution is 2.32. The predicted molar refractivity (Wildman–Crippen MR) is 65.3 cm³/mol. The van der Waals surface area contributed by atoms with Crippen LogP contribution in [0.4, 0.5) is 5.69 Å². The van der Waals surface area contributed by atoms with Gasteiger partial charge in [0.2, 0.25) is 0 Å². The number of hydrogen-bond acceptors (Lipinski definition) is 3. The van der Waals surface area contributed by atoms with Crippen LogP contribution in [0.25, 0.3) is 0 Å². The fraction of sp³-hybridized carbons (Fsp3) is 0.462. The minimum absolute atomic E-state index is 0.478. The molecule has 0 bridgehead atoms. The highest BCUT2D eigenvalue weighted by molar-refractivity contribution is 5.79. The lowest BCUT2D eigenvalue weighted by atomic mass is 10.1. The summed E-state index contributed by atoms with van der Waals surface area (Å²) in [6.07, 6.45) is 0.895.